The maximum atomic E-state index is 5.03. The molecule has 0 amide bonds. The SMILES string of the molecule is CC(C)(C)Cc1ccc2c(c1)c1ccc3ccnc4c5cc6ccccc6c(CC(C)(C)C)c5n2c1c34. The van der Waals surface area contributed by atoms with E-state index in [4.69, 9.17) is 4.98 Å². The smallest absolute Gasteiger partial charge is 0.0823 e. The minimum absolute atomic E-state index is 0.149. The standard InChI is InChI=1S/C35H34N2/c1-34(2,3)19-21-11-14-29-26(17-21)25-13-12-22-15-16-36-31-27-18-23-9-7-8-10-24(23)28(20-35(4,5)6)32(27)37(29)33(25)30(22)31/h7-18H,19-20H2,1-6H3. The summed E-state index contributed by atoms with van der Waals surface area (Å²) in [6.45, 7) is 14.0. The predicted octanol–water partition coefficient (Wildman–Crippen LogP) is 9.72. The number of nitrogens with zero attached hydrogens (tertiary/aromatic N) is 2. The van der Waals surface area contributed by atoms with Gasteiger partial charge in [-0.3, -0.25) is 4.98 Å². The molecule has 0 N–H and O–H groups in total. The fourth-order valence-corrected chi connectivity index (χ4v) is 6.53. The Morgan fingerprint density at radius 2 is 1.43 bits per heavy atom. The summed E-state index contributed by atoms with van der Waals surface area (Å²) >= 11 is 0. The van der Waals surface area contributed by atoms with Crippen molar-refractivity contribution < 1.29 is 0 Å². The van der Waals surface area contributed by atoms with Gasteiger partial charge in [-0.1, -0.05) is 84.0 Å². The van der Waals surface area contributed by atoms with Gasteiger partial charge in [-0.05, 0) is 75.2 Å². The molecular formula is C35H34N2. The third-order valence-corrected chi connectivity index (χ3v) is 7.77. The van der Waals surface area contributed by atoms with Gasteiger partial charge < -0.3 is 4.40 Å². The lowest BCUT2D eigenvalue weighted by molar-refractivity contribution is 0.411. The van der Waals surface area contributed by atoms with Gasteiger partial charge in [0.2, 0.25) is 0 Å². The first-order chi connectivity index (χ1) is 17.6. The van der Waals surface area contributed by atoms with E-state index in [0.717, 1.165) is 18.4 Å². The summed E-state index contributed by atoms with van der Waals surface area (Å²) in [5.41, 5.74) is 8.25. The van der Waals surface area contributed by atoms with Crippen LogP contribution in [0.1, 0.15) is 52.7 Å². The molecule has 4 aromatic carbocycles. The van der Waals surface area contributed by atoms with E-state index in [1.807, 2.05) is 6.20 Å². The highest BCUT2D eigenvalue weighted by Crippen LogP contribution is 2.44. The molecule has 2 nitrogen and oxygen atoms in total. The van der Waals surface area contributed by atoms with Gasteiger partial charge in [-0.15, -0.1) is 0 Å². The summed E-state index contributed by atoms with van der Waals surface area (Å²) in [6.07, 6.45) is 4.04. The van der Waals surface area contributed by atoms with Crippen molar-refractivity contribution in [2.24, 2.45) is 10.8 Å². The lowest BCUT2D eigenvalue weighted by Crippen LogP contribution is -2.11. The molecule has 7 aromatic rings. The van der Waals surface area contributed by atoms with E-state index in [1.54, 1.807) is 0 Å². The molecule has 0 saturated heterocycles. The van der Waals surface area contributed by atoms with Gasteiger partial charge in [0.05, 0.1) is 22.1 Å². The zero-order valence-electron chi connectivity index (χ0n) is 22.7. The van der Waals surface area contributed by atoms with E-state index >= 15 is 0 Å². The van der Waals surface area contributed by atoms with Crippen LogP contribution in [0.3, 0.4) is 0 Å². The third kappa shape index (κ3) is 3.42. The molecule has 7 rings (SSSR count). The molecular weight excluding hydrogens is 448 g/mol. The number of fused-ring (bicyclic) bond motifs is 7. The summed E-state index contributed by atoms with van der Waals surface area (Å²) in [7, 11) is 0. The molecule has 0 aliphatic carbocycles. The maximum absolute atomic E-state index is 5.03. The molecule has 0 radical (unpaired) electrons. The third-order valence-electron chi connectivity index (χ3n) is 7.77. The average molecular weight is 483 g/mol. The quantitative estimate of drug-likeness (QED) is 0.177. The van der Waals surface area contributed by atoms with Crippen LogP contribution in [-0.2, 0) is 12.8 Å². The van der Waals surface area contributed by atoms with Gasteiger partial charge in [0.25, 0.3) is 0 Å². The van der Waals surface area contributed by atoms with E-state index in [9.17, 15) is 0 Å². The predicted molar refractivity (Wildman–Crippen MR) is 160 cm³/mol. The van der Waals surface area contributed by atoms with E-state index in [0.29, 0.717) is 0 Å². The Hall–Kier alpha value is -3.65. The minimum Gasteiger partial charge on any atom is -0.308 e. The molecule has 0 unspecified atom stereocenters. The number of hydrogen-bond acceptors (Lipinski definition) is 1. The largest absolute Gasteiger partial charge is 0.308 e. The molecule has 184 valence electrons. The van der Waals surface area contributed by atoms with Crippen LogP contribution >= 0.6 is 0 Å². The van der Waals surface area contributed by atoms with Crippen LogP contribution in [0.2, 0.25) is 0 Å². The topological polar surface area (TPSA) is 17.3 Å². The van der Waals surface area contributed by atoms with E-state index < -0.39 is 0 Å². The van der Waals surface area contributed by atoms with Crippen molar-refractivity contribution >= 4 is 59.8 Å². The molecule has 0 bridgehead atoms. The summed E-state index contributed by atoms with van der Waals surface area (Å²) in [5.74, 6) is 0. The fraction of sp³-hybridized carbons (Fsp3) is 0.286. The first-order valence-corrected chi connectivity index (χ1v) is 13.5. The van der Waals surface area contributed by atoms with Crippen molar-refractivity contribution in [1.29, 1.82) is 0 Å². The molecule has 2 heteroatoms. The Balaban J connectivity index is 1.77. The Kier molecular flexibility index (Phi) is 4.54. The lowest BCUT2D eigenvalue weighted by atomic mass is 9.84. The summed E-state index contributed by atoms with van der Waals surface area (Å²) in [6, 6.07) is 25.2. The van der Waals surface area contributed by atoms with E-state index in [2.05, 4.69) is 113 Å². The van der Waals surface area contributed by atoms with Crippen molar-refractivity contribution in [3.8, 4) is 0 Å². The number of pyridine rings is 2. The number of benzene rings is 4. The van der Waals surface area contributed by atoms with Crippen LogP contribution < -0.4 is 0 Å². The van der Waals surface area contributed by atoms with Gasteiger partial charge >= 0.3 is 0 Å². The van der Waals surface area contributed by atoms with Crippen molar-refractivity contribution in [1.82, 2.24) is 9.38 Å². The second kappa shape index (κ2) is 7.44. The summed E-state index contributed by atoms with van der Waals surface area (Å²) in [4.78, 5) is 5.03. The van der Waals surface area contributed by atoms with Crippen LogP contribution in [0, 0.1) is 10.8 Å². The summed E-state index contributed by atoms with van der Waals surface area (Å²) < 4.78 is 2.57. The zero-order chi connectivity index (χ0) is 25.7. The van der Waals surface area contributed by atoms with Gasteiger partial charge in [0.1, 0.15) is 0 Å². The summed E-state index contributed by atoms with van der Waals surface area (Å²) in [5, 5.41) is 9.09. The Bertz CT molecular complexity index is 1990. The number of aromatic nitrogens is 2. The zero-order valence-corrected chi connectivity index (χ0v) is 22.7. The van der Waals surface area contributed by atoms with Crippen molar-refractivity contribution in [2.45, 2.75) is 54.4 Å². The number of rotatable bonds is 2. The molecule has 0 fully saturated rings. The van der Waals surface area contributed by atoms with E-state index in [1.165, 1.54) is 65.4 Å². The van der Waals surface area contributed by atoms with Crippen LogP contribution in [-0.4, -0.2) is 9.38 Å². The highest BCUT2D eigenvalue weighted by Gasteiger charge is 2.24. The first kappa shape index (κ1) is 22.5. The van der Waals surface area contributed by atoms with E-state index in [-0.39, 0.29) is 10.8 Å². The maximum Gasteiger partial charge on any atom is 0.0823 e. The minimum atomic E-state index is 0.149. The molecule has 3 heterocycles. The fourth-order valence-electron chi connectivity index (χ4n) is 6.53. The second-order valence-electron chi connectivity index (χ2n) is 13.4. The van der Waals surface area contributed by atoms with Gasteiger partial charge in [-0.25, -0.2) is 0 Å². The Morgan fingerprint density at radius 3 is 2.22 bits per heavy atom. The molecule has 0 saturated carbocycles. The highest BCUT2D eigenvalue weighted by molar-refractivity contribution is 6.28. The van der Waals surface area contributed by atoms with Crippen LogP contribution in [0.5, 0.6) is 0 Å². The molecule has 0 aliphatic heterocycles. The highest BCUT2D eigenvalue weighted by atomic mass is 14.9. The Labute approximate surface area is 218 Å². The van der Waals surface area contributed by atoms with Crippen LogP contribution in [0.4, 0.5) is 0 Å². The van der Waals surface area contributed by atoms with Gasteiger partial charge in [-0.2, -0.15) is 0 Å². The lowest BCUT2D eigenvalue weighted by Gasteiger charge is -2.23. The molecule has 0 spiro atoms. The van der Waals surface area contributed by atoms with Crippen molar-refractivity contribution in [3.05, 3.63) is 84.1 Å². The second-order valence-corrected chi connectivity index (χ2v) is 13.4. The molecule has 37 heavy (non-hydrogen) atoms. The normalized spacial score (nSPS) is 13.4. The van der Waals surface area contributed by atoms with Gasteiger partial charge in [0.15, 0.2) is 0 Å². The van der Waals surface area contributed by atoms with Gasteiger partial charge in [0, 0.05) is 27.7 Å². The monoisotopic (exact) mass is 482 g/mol. The van der Waals surface area contributed by atoms with Crippen LogP contribution in [0.25, 0.3) is 59.8 Å². The first-order valence-electron chi connectivity index (χ1n) is 13.5. The number of hydrogen-bond donors (Lipinski definition) is 0. The average Bonchev–Trinajstić information content (AvgIpc) is 3.16. The van der Waals surface area contributed by atoms with Crippen molar-refractivity contribution in [3.63, 3.8) is 0 Å². The van der Waals surface area contributed by atoms with Crippen molar-refractivity contribution in [2.75, 3.05) is 0 Å². The molecule has 0 atom stereocenters. The molecule has 3 aromatic heterocycles. The van der Waals surface area contributed by atoms with Crippen LogP contribution in [0.15, 0.2) is 72.9 Å². The molecule has 0 aliphatic rings. The Morgan fingerprint density at radius 1 is 0.649 bits per heavy atom.